The summed E-state index contributed by atoms with van der Waals surface area (Å²) < 4.78 is 12.2. The van der Waals surface area contributed by atoms with Crippen LogP contribution in [-0.2, 0) is 9.54 Å². The highest BCUT2D eigenvalue weighted by Gasteiger charge is 2.44. The summed E-state index contributed by atoms with van der Waals surface area (Å²) in [5.74, 6) is -0.437. The van der Waals surface area contributed by atoms with Crippen LogP contribution < -0.4 is 5.32 Å². The molecule has 0 radical (unpaired) electrons. The quantitative estimate of drug-likeness (QED) is 0.910. The molecule has 3 rings (SSSR count). The van der Waals surface area contributed by atoms with Crippen LogP contribution in [0.3, 0.4) is 0 Å². The molecule has 2 atom stereocenters. The van der Waals surface area contributed by atoms with E-state index in [9.17, 15) is 9.18 Å². The zero-order valence-corrected chi connectivity index (χ0v) is 14.6. The predicted octanol–water partition coefficient (Wildman–Crippen LogP) is 3.89. The highest BCUT2D eigenvalue weighted by Crippen LogP contribution is 2.41. The molecule has 1 N–H and O–H groups in total. The normalized spacial score (nSPS) is 22.5. The molecule has 0 saturated carbocycles. The van der Waals surface area contributed by atoms with Crippen LogP contribution in [0.4, 0.5) is 4.39 Å². The number of benzene rings is 2. The summed E-state index contributed by atoms with van der Waals surface area (Å²) in [7, 11) is 0. The molecule has 0 aliphatic carbocycles. The molecule has 0 bridgehead atoms. The van der Waals surface area contributed by atoms with Crippen molar-refractivity contribution in [3.05, 3.63) is 71.0 Å². The fourth-order valence-electron chi connectivity index (χ4n) is 2.58. The van der Waals surface area contributed by atoms with Crippen LogP contribution in [0.5, 0.6) is 0 Å². The van der Waals surface area contributed by atoms with Gasteiger partial charge in [0.05, 0.1) is 17.7 Å². The largest absolute Gasteiger partial charge is 0.304 e. The average Bonchev–Trinajstić information content (AvgIpc) is 2.90. The van der Waals surface area contributed by atoms with Gasteiger partial charge in [0, 0.05) is 0 Å². The third-order valence-electron chi connectivity index (χ3n) is 4.18. The summed E-state index contributed by atoms with van der Waals surface area (Å²) in [6, 6.07) is 15.0. The number of aliphatic imine (C=N–C) groups is 1. The first-order valence-corrected chi connectivity index (χ1v) is 8.58. The van der Waals surface area contributed by atoms with Gasteiger partial charge in [-0.25, -0.2) is 4.39 Å². The van der Waals surface area contributed by atoms with Gasteiger partial charge in [-0.2, -0.15) is 5.26 Å². The topological polar surface area (TPSA) is 65.2 Å². The minimum Gasteiger partial charge on any atom is -0.304 e. The molecule has 4 nitrogen and oxygen atoms in total. The molecular formula is C19H16FN3OS. The van der Waals surface area contributed by atoms with Crippen LogP contribution in [0.2, 0.25) is 0 Å². The second-order valence-electron chi connectivity index (χ2n) is 5.94. The number of amidine groups is 1. The smallest absolute Gasteiger partial charge is 0.246 e. The Morgan fingerprint density at radius 2 is 1.84 bits per heavy atom. The van der Waals surface area contributed by atoms with Gasteiger partial charge in [-0.05, 0) is 49.2 Å². The number of thioether (sulfide) groups is 1. The standard InChI is InChI=1S/C19H16FN3OS/c1-12(14-5-9-16(20)10-6-14)22-18-23-17(24)19(2,25-18)15-7-3-13(11-21)4-8-15/h3-10,12H,1-2H3,(H,22,23,24)/t12-,19+/m0/s1. The first kappa shape index (κ1) is 17.2. The van der Waals surface area contributed by atoms with Gasteiger partial charge in [0.2, 0.25) is 5.91 Å². The third-order valence-corrected chi connectivity index (χ3v) is 5.41. The van der Waals surface area contributed by atoms with Crippen molar-refractivity contribution >= 4 is 22.8 Å². The molecule has 1 heterocycles. The minimum absolute atomic E-state index is 0.146. The summed E-state index contributed by atoms with van der Waals surface area (Å²) in [4.78, 5) is 17.1. The van der Waals surface area contributed by atoms with Gasteiger partial charge in [0.25, 0.3) is 0 Å². The third kappa shape index (κ3) is 3.42. The molecule has 25 heavy (non-hydrogen) atoms. The molecule has 1 fully saturated rings. The van der Waals surface area contributed by atoms with Crippen LogP contribution in [0.15, 0.2) is 53.5 Å². The second kappa shape index (κ2) is 6.69. The molecule has 1 aliphatic rings. The zero-order valence-electron chi connectivity index (χ0n) is 13.8. The average molecular weight is 353 g/mol. The molecule has 2 aromatic carbocycles. The van der Waals surface area contributed by atoms with Crippen molar-refractivity contribution in [3.8, 4) is 6.07 Å². The van der Waals surface area contributed by atoms with E-state index in [1.807, 2.05) is 13.8 Å². The van der Waals surface area contributed by atoms with Crippen molar-refractivity contribution in [1.29, 1.82) is 5.26 Å². The van der Waals surface area contributed by atoms with E-state index in [2.05, 4.69) is 16.4 Å². The monoisotopic (exact) mass is 353 g/mol. The Morgan fingerprint density at radius 3 is 2.44 bits per heavy atom. The number of halogens is 1. The van der Waals surface area contributed by atoms with E-state index in [0.29, 0.717) is 10.7 Å². The number of nitriles is 1. The Hall–Kier alpha value is -2.65. The molecule has 0 spiro atoms. The maximum absolute atomic E-state index is 13.0. The zero-order chi connectivity index (χ0) is 18.0. The van der Waals surface area contributed by atoms with Crippen molar-refractivity contribution in [2.75, 3.05) is 0 Å². The molecule has 0 aromatic heterocycles. The van der Waals surface area contributed by atoms with Crippen molar-refractivity contribution in [2.45, 2.75) is 24.6 Å². The van der Waals surface area contributed by atoms with Crippen molar-refractivity contribution in [1.82, 2.24) is 5.32 Å². The van der Waals surface area contributed by atoms with Crippen molar-refractivity contribution < 1.29 is 9.18 Å². The highest BCUT2D eigenvalue weighted by atomic mass is 32.2. The highest BCUT2D eigenvalue weighted by molar-refractivity contribution is 8.15. The lowest BCUT2D eigenvalue weighted by Gasteiger charge is -2.19. The lowest BCUT2D eigenvalue weighted by molar-refractivity contribution is -0.121. The van der Waals surface area contributed by atoms with E-state index in [0.717, 1.165) is 11.1 Å². The van der Waals surface area contributed by atoms with Gasteiger partial charge in [-0.1, -0.05) is 36.0 Å². The van der Waals surface area contributed by atoms with Gasteiger partial charge in [-0.15, -0.1) is 0 Å². The van der Waals surface area contributed by atoms with Gasteiger partial charge in [0.1, 0.15) is 10.6 Å². The van der Waals surface area contributed by atoms with E-state index >= 15 is 0 Å². The Morgan fingerprint density at radius 1 is 1.20 bits per heavy atom. The molecule has 1 saturated heterocycles. The number of hydrogen-bond donors (Lipinski definition) is 1. The predicted molar refractivity (Wildman–Crippen MR) is 96.5 cm³/mol. The summed E-state index contributed by atoms with van der Waals surface area (Å²) in [6.45, 7) is 3.73. The number of carbonyl (C=O) groups is 1. The van der Waals surface area contributed by atoms with E-state index in [-0.39, 0.29) is 17.8 Å². The number of hydrogen-bond acceptors (Lipinski definition) is 4. The Bertz CT molecular complexity index is 871. The van der Waals surface area contributed by atoms with Crippen LogP contribution in [-0.4, -0.2) is 11.1 Å². The fraction of sp³-hybridized carbons (Fsp3) is 0.211. The molecule has 6 heteroatoms. The van der Waals surface area contributed by atoms with Crippen LogP contribution >= 0.6 is 11.8 Å². The Kier molecular flexibility index (Phi) is 4.60. The fourth-order valence-corrected chi connectivity index (χ4v) is 3.72. The number of amides is 1. The second-order valence-corrected chi connectivity index (χ2v) is 7.35. The number of nitrogens with one attached hydrogen (secondary N) is 1. The first-order valence-electron chi connectivity index (χ1n) is 7.77. The van der Waals surface area contributed by atoms with Crippen molar-refractivity contribution in [2.24, 2.45) is 4.99 Å². The molecule has 126 valence electrons. The molecule has 1 aliphatic heterocycles. The van der Waals surface area contributed by atoms with Crippen LogP contribution in [0, 0.1) is 17.1 Å². The Labute approximate surface area is 149 Å². The summed E-state index contributed by atoms with van der Waals surface area (Å²) in [5.41, 5.74) is 2.24. The Balaban J connectivity index is 1.83. The first-order chi connectivity index (χ1) is 11.9. The number of rotatable bonds is 3. The maximum atomic E-state index is 13.0. The van der Waals surface area contributed by atoms with Crippen LogP contribution in [0.25, 0.3) is 0 Å². The lowest BCUT2D eigenvalue weighted by atomic mass is 9.98. The molecule has 1 amide bonds. The SMILES string of the molecule is C[C@H](N=C1NC(=O)[C@@](C)(c2ccc(C#N)cc2)S1)c1ccc(F)cc1. The van der Waals surface area contributed by atoms with E-state index in [1.165, 1.54) is 23.9 Å². The van der Waals surface area contributed by atoms with Gasteiger partial charge < -0.3 is 5.32 Å². The lowest BCUT2D eigenvalue weighted by Crippen LogP contribution is -2.31. The summed E-state index contributed by atoms with van der Waals surface area (Å²) >= 11 is 1.35. The van der Waals surface area contributed by atoms with Crippen LogP contribution in [0.1, 0.15) is 36.6 Å². The number of carbonyl (C=O) groups excluding carboxylic acids is 1. The minimum atomic E-state index is -0.796. The van der Waals surface area contributed by atoms with E-state index in [4.69, 9.17) is 5.26 Å². The molecule has 0 unspecified atom stereocenters. The van der Waals surface area contributed by atoms with Gasteiger partial charge >= 0.3 is 0 Å². The number of nitrogens with zero attached hydrogens (tertiary/aromatic N) is 2. The van der Waals surface area contributed by atoms with Crippen molar-refractivity contribution in [3.63, 3.8) is 0 Å². The van der Waals surface area contributed by atoms with E-state index in [1.54, 1.807) is 36.4 Å². The summed E-state index contributed by atoms with van der Waals surface area (Å²) in [6.07, 6.45) is 0. The van der Waals surface area contributed by atoms with E-state index < -0.39 is 4.75 Å². The maximum Gasteiger partial charge on any atom is 0.246 e. The molecular weight excluding hydrogens is 337 g/mol. The van der Waals surface area contributed by atoms with Gasteiger partial charge in [-0.3, -0.25) is 9.79 Å². The summed E-state index contributed by atoms with van der Waals surface area (Å²) in [5, 5.41) is 12.3. The van der Waals surface area contributed by atoms with Gasteiger partial charge in [0.15, 0.2) is 5.17 Å². The molecule has 2 aromatic rings.